The van der Waals surface area contributed by atoms with Crippen LogP contribution >= 0.6 is 0 Å². The highest BCUT2D eigenvalue weighted by Crippen LogP contribution is 2.41. The number of benzene rings is 3. The quantitative estimate of drug-likeness (QED) is 0.323. The van der Waals surface area contributed by atoms with Crippen LogP contribution in [0, 0.1) is 0 Å². The van der Waals surface area contributed by atoms with Crippen LogP contribution in [0.4, 0.5) is 0 Å². The maximum absolute atomic E-state index is 12.3. The maximum atomic E-state index is 12.3. The lowest BCUT2D eigenvalue weighted by atomic mass is 9.80. The Labute approximate surface area is 186 Å². The first-order chi connectivity index (χ1) is 15.6. The van der Waals surface area contributed by atoms with Crippen LogP contribution in [0.5, 0.6) is 0 Å². The van der Waals surface area contributed by atoms with E-state index in [0.29, 0.717) is 0 Å². The molecule has 0 fully saturated rings. The first-order valence-electron chi connectivity index (χ1n) is 10.3. The third kappa shape index (κ3) is 4.41. The number of carbonyl (C=O) groups excluding carboxylic acids is 1. The van der Waals surface area contributed by atoms with Gasteiger partial charge in [0.05, 0.1) is 6.61 Å². The summed E-state index contributed by atoms with van der Waals surface area (Å²) < 4.78 is 5.29. The molecule has 1 aliphatic heterocycles. The number of hydrogen-bond donors (Lipinski definition) is 2. The van der Waals surface area contributed by atoms with Crippen molar-refractivity contribution < 1.29 is 29.5 Å². The summed E-state index contributed by atoms with van der Waals surface area (Å²) in [6.45, 7) is -0.550. The van der Waals surface area contributed by atoms with Gasteiger partial charge in [-0.3, -0.25) is 4.79 Å². The molecule has 3 aromatic carbocycles. The average molecular weight is 432 g/mol. The molecule has 0 spiro atoms. The number of rotatable bonds is 8. The van der Waals surface area contributed by atoms with Gasteiger partial charge in [0.2, 0.25) is 0 Å². The van der Waals surface area contributed by atoms with Crippen LogP contribution in [-0.4, -0.2) is 41.1 Å². The second kappa shape index (κ2) is 9.99. The molecule has 2 N–H and O–H groups in total. The molecule has 1 heterocycles. The monoisotopic (exact) mass is 432 g/mol. The lowest BCUT2D eigenvalue weighted by Crippen LogP contribution is -2.46. The molecule has 6 nitrogen and oxygen atoms in total. The molecule has 0 saturated heterocycles. The normalized spacial score (nSPS) is 19.6. The first-order valence-corrected chi connectivity index (χ1v) is 10.3. The zero-order chi connectivity index (χ0) is 22.4. The zero-order valence-corrected chi connectivity index (χ0v) is 17.3. The summed E-state index contributed by atoms with van der Waals surface area (Å²) in [5.74, 6) is -0.428. The Bertz CT molecular complexity index is 939. The minimum atomic E-state index is -1.27. The van der Waals surface area contributed by atoms with E-state index >= 15 is 0 Å². The average Bonchev–Trinajstić information content (AvgIpc) is 2.85. The Balaban J connectivity index is 1.77. The van der Waals surface area contributed by atoms with Crippen LogP contribution in [0.1, 0.15) is 16.7 Å². The lowest BCUT2D eigenvalue weighted by molar-refractivity contribution is -0.385. The van der Waals surface area contributed by atoms with Gasteiger partial charge in [-0.1, -0.05) is 91.0 Å². The van der Waals surface area contributed by atoms with E-state index in [1.165, 1.54) is 12.2 Å². The summed E-state index contributed by atoms with van der Waals surface area (Å²) in [4.78, 5) is 24.2. The van der Waals surface area contributed by atoms with Crippen LogP contribution in [-0.2, 0) is 24.9 Å². The van der Waals surface area contributed by atoms with E-state index in [1.807, 2.05) is 91.0 Å². The SMILES string of the molecule is O=C1C=CC(O)OC1C(CO)OOC(c1ccccc1)(c1ccccc1)c1ccccc1. The van der Waals surface area contributed by atoms with Gasteiger partial charge in [-0.05, 0) is 28.8 Å². The largest absolute Gasteiger partial charge is 0.393 e. The molecule has 4 rings (SSSR count). The van der Waals surface area contributed by atoms with Crippen LogP contribution in [0.2, 0.25) is 0 Å². The molecule has 3 atom stereocenters. The van der Waals surface area contributed by atoms with Gasteiger partial charge in [0, 0.05) is 0 Å². The molecule has 1 aliphatic rings. The smallest absolute Gasteiger partial charge is 0.187 e. The molecule has 0 saturated carbocycles. The third-order valence-corrected chi connectivity index (χ3v) is 5.35. The minimum Gasteiger partial charge on any atom is -0.393 e. The topological polar surface area (TPSA) is 85.2 Å². The highest BCUT2D eigenvalue weighted by Gasteiger charge is 2.42. The van der Waals surface area contributed by atoms with Crippen LogP contribution in [0.3, 0.4) is 0 Å². The Morgan fingerprint density at radius 2 is 1.31 bits per heavy atom. The number of aliphatic hydroxyl groups excluding tert-OH is 2. The molecule has 6 heteroatoms. The molecule has 32 heavy (non-hydrogen) atoms. The van der Waals surface area contributed by atoms with Gasteiger partial charge in [-0.2, -0.15) is 0 Å². The predicted molar refractivity (Wildman–Crippen MR) is 117 cm³/mol. The fraction of sp³-hybridized carbons (Fsp3) is 0.192. The standard InChI is InChI=1S/C26H24O6/c27-18-23(25-22(28)16-17-24(29)30-25)31-32-26(19-10-4-1-5-11-19,20-12-6-2-7-13-20)21-14-8-3-9-15-21/h1-17,23-25,27,29H,18H2. The van der Waals surface area contributed by atoms with E-state index in [2.05, 4.69) is 0 Å². The maximum Gasteiger partial charge on any atom is 0.187 e. The van der Waals surface area contributed by atoms with Crippen molar-refractivity contribution in [2.24, 2.45) is 0 Å². The fourth-order valence-electron chi connectivity index (χ4n) is 3.78. The predicted octanol–water partition coefficient (Wildman–Crippen LogP) is 3.13. The zero-order valence-electron chi connectivity index (χ0n) is 17.3. The van der Waals surface area contributed by atoms with Gasteiger partial charge < -0.3 is 14.9 Å². The molecular formula is C26H24O6. The summed E-state index contributed by atoms with van der Waals surface area (Å²) in [7, 11) is 0. The van der Waals surface area contributed by atoms with Crippen LogP contribution < -0.4 is 0 Å². The van der Waals surface area contributed by atoms with E-state index in [1.54, 1.807) is 0 Å². The van der Waals surface area contributed by atoms with Crippen molar-refractivity contribution in [3.8, 4) is 0 Å². The van der Waals surface area contributed by atoms with Crippen molar-refractivity contribution >= 4 is 5.78 Å². The van der Waals surface area contributed by atoms with E-state index in [0.717, 1.165) is 16.7 Å². The second-order valence-corrected chi connectivity index (χ2v) is 7.39. The van der Waals surface area contributed by atoms with Crippen LogP contribution in [0.15, 0.2) is 103 Å². The van der Waals surface area contributed by atoms with Gasteiger partial charge in [0.25, 0.3) is 0 Å². The minimum absolute atomic E-state index is 0.428. The Morgan fingerprint density at radius 3 is 1.75 bits per heavy atom. The van der Waals surface area contributed by atoms with Crippen molar-refractivity contribution in [1.29, 1.82) is 0 Å². The number of aliphatic hydroxyl groups is 2. The molecule has 0 aliphatic carbocycles. The van der Waals surface area contributed by atoms with Crippen molar-refractivity contribution in [2.75, 3.05) is 6.61 Å². The first kappa shape index (κ1) is 22.1. The van der Waals surface area contributed by atoms with Gasteiger partial charge in [0.1, 0.15) is 6.10 Å². The number of ketones is 1. The number of hydrogen-bond acceptors (Lipinski definition) is 6. The molecule has 0 aromatic heterocycles. The summed E-state index contributed by atoms with van der Waals surface area (Å²) in [5, 5.41) is 19.7. The molecule has 164 valence electrons. The van der Waals surface area contributed by atoms with Gasteiger partial charge in [-0.25, -0.2) is 9.78 Å². The van der Waals surface area contributed by atoms with Crippen molar-refractivity contribution in [3.63, 3.8) is 0 Å². The Morgan fingerprint density at radius 1 is 0.844 bits per heavy atom. The summed E-state index contributed by atoms with van der Waals surface area (Å²) in [6.07, 6.45) is -1.19. The highest BCUT2D eigenvalue weighted by atomic mass is 17.2. The third-order valence-electron chi connectivity index (χ3n) is 5.35. The van der Waals surface area contributed by atoms with E-state index < -0.39 is 36.5 Å². The molecule has 0 bridgehead atoms. The van der Waals surface area contributed by atoms with E-state index in [4.69, 9.17) is 14.5 Å². The van der Waals surface area contributed by atoms with Gasteiger partial charge in [0.15, 0.2) is 23.8 Å². The summed E-state index contributed by atoms with van der Waals surface area (Å²) >= 11 is 0. The Hall–Kier alpha value is -3.13. The van der Waals surface area contributed by atoms with Gasteiger partial charge >= 0.3 is 0 Å². The Kier molecular flexibility index (Phi) is 6.90. The fourth-order valence-corrected chi connectivity index (χ4v) is 3.78. The van der Waals surface area contributed by atoms with Gasteiger partial charge in [-0.15, -0.1) is 0 Å². The summed E-state index contributed by atoms with van der Waals surface area (Å²) in [6, 6.07) is 28.7. The lowest BCUT2D eigenvalue weighted by Gasteiger charge is -2.36. The van der Waals surface area contributed by atoms with E-state index in [-0.39, 0.29) is 0 Å². The second-order valence-electron chi connectivity index (χ2n) is 7.39. The van der Waals surface area contributed by atoms with Crippen molar-refractivity contribution in [2.45, 2.75) is 24.1 Å². The van der Waals surface area contributed by atoms with Crippen molar-refractivity contribution in [3.05, 3.63) is 120 Å². The van der Waals surface area contributed by atoms with E-state index in [9.17, 15) is 15.0 Å². The molecule has 3 aromatic rings. The summed E-state index contributed by atoms with van der Waals surface area (Å²) in [5.41, 5.74) is 1.20. The van der Waals surface area contributed by atoms with Crippen LogP contribution in [0.25, 0.3) is 0 Å². The molecular weight excluding hydrogens is 408 g/mol. The molecule has 0 amide bonds. The van der Waals surface area contributed by atoms with Crippen molar-refractivity contribution in [1.82, 2.24) is 0 Å². The highest BCUT2D eigenvalue weighted by molar-refractivity contribution is 5.94. The molecule has 3 unspecified atom stereocenters. The number of carbonyl (C=O) groups is 1. The molecule has 0 radical (unpaired) electrons. The number of ether oxygens (including phenoxy) is 1.